The number of nitrogens with one attached hydrogen (secondary N) is 1. The molecule has 0 aliphatic carbocycles. The number of nitrogens with two attached hydrogens (primary N) is 1. The van der Waals surface area contributed by atoms with Gasteiger partial charge < -0.3 is 11.1 Å². The fourth-order valence-corrected chi connectivity index (χ4v) is 2.28. The first-order chi connectivity index (χ1) is 9.33. The van der Waals surface area contributed by atoms with E-state index in [4.69, 9.17) is 5.73 Å². The zero-order valence-electron chi connectivity index (χ0n) is 13.4. The average Bonchev–Trinajstić information content (AvgIpc) is 2.67. The van der Waals surface area contributed by atoms with Crippen molar-refractivity contribution in [1.82, 2.24) is 15.1 Å². The molecule has 20 heavy (non-hydrogen) atoms. The van der Waals surface area contributed by atoms with Crippen molar-refractivity contribution in [3.63, 3.8) is 0 Å². The minimum Gasteiger partial charge on any atom is -0.354 e. The monoisotopic (exact) mass is 280 g/mol. The second-order valence-corrected chi connectivity index (χ2v) is 5.62. The molecule has 5 heteroatoms. The van der Waals surface area contributed by atoms with Gasteiger partial charge in [0, 0.05) is 31.2 Å². The molecule has 0 unspecified atom stereocenters. The molecule has 0 aliphatic heterocycles. The van der Waals surface area contributed by atoms with Gasteiger partial charge in [0.2, 0.25) is 5.91 Å². The van der Waals surface area contributed by atoms with Crippen LogP contribution in [0.4, 0.5) is 0 Å². The number of hydrogen-bond donors (Lipinski definition) is 2. The molecule has 0 bridgehead atoms. The van der Waals surface area contributed by atoms with Crippen molar-refractivity contribution in [2.45, 2.75) is 58.9 Å². The van der Waals surface area contributed by atoms with Crippen LogP contribution < -0.4 is 11.1 Å². The van der Waals surface area contributed by atoms with Gasteiger partial charge in [0.1, 0.15) is 0 Å². The Hall–Kier alpha value is -1.36. The number of carbonyl (C=O) groups is 1. The van der Waals surface area contributed by atoms with Crippen molar-refractivity contribution in [2.24, 2.45) is 12.8 Å². The summed E-state index contributed by atoms with van der Waals surface area (Å²) in [6.45, 7) is 8.67. The summed E-state index contributed by atoms with van der Waals surface area (Å²) in [7, 11) is 1.93. The van der Waals surface area contributed by atoms with Crippen molar-refractivity contribution >= 4 is 5.91 Å². The highest BCUT2D eigenvalue weighted by atomic mass is 16.1. The first kappa shape index (κ1) is 16.7. The van der Waals surface area contributed by atoms with E-state index < -0.39 is 0 Å². The van der Waals surface area contributed by atoms with Gasteiger partial charge in [0.05, 0.1) is 5.69 Å². The molecule has 1 aromatic heterocycles. The molecule has 5 nitrogen and oxygen atoms in total. The summed E-state index contributed by atoms with van der Waals surface area (Å²) < 4.78 is 1.86. The summed E-state index contributed by atoms with van der Waals surface area (Å²) in [4.78, 5) is 11.9. The Morgan fingerprint density at radius 3 is 2.40 bits per heavy atom. The maximum Gasteiger partial charge on any atom is 0.220 e. The average molecular weight is 280 g/mol. The number of aromatic nitrogens is 2. The van der Waals surface area contributed by atoms with Crippen molar-refractivity contribution in [3.05, 3.63) is 17.0 Å². The Labute approximate surface area is 121 Å². The number of amides is 1. The number of nitrogens with zero attached hydrogens (tertiary/aromatic N) is 2. The van der Waals surface area contributed by atoms with Gasteiger partial charge in [0.25, 0.3) is 0 Å². The Bertz CT molecular complexity index is 461. The second-order valence-electron chi connectivity index (χ2n) is 5.62. The fourth-order valence-electron chi connectivity index (χ4n) is 2.28. The minimum atomic E-state index is -0.282. The van der Waals surface area contributed by atoms with Crippen molar-refractivity contribution in [2.75, 3.05) is 6.54 Å². The third kappa shape index (κ3) is 4.07. The first-order valence-electron chi connectivity index (χ1n) is 7.37. The predicted octanol–water partition coefficient (Wildman–Crippen LogP) is 1.60. The molecule has 0 fully saturated rings. The van der Waals surface area contributed by atoms with Crippen LogP contribution in [-0.2, 0) is 18.3 Å². The van der Waals surface area contributed by atoms with E-state index in [0.717, 1.165) is 30.7 Å². The summed E-state index contributed by atoms with van der Waals surface area (Å²) in [6, 6.07) is 0. The molecule has 0 saturated carbocycles. The van der Waals surface area contributed by atoms with Gasteiger partial charge in [0.15, 0.2) is 0 Å². The second kappa shape index (κ2) is 6.88. The van der Waals surface area contributed by atoms with Gasteiger partial charge in [-0.2, -0.15) is 5.10 Å². The molecule has 1 aromatic rings. The Balaban J connectivity index is 2.48. The third-order valence-corrected chi connectivity index (χ3v) is 4.31. The van der Waals surface area contributed by atoms with Gasteiger partial charge in [-0.1, -0.05) is 13.8 Å². The summed E-state index contributed by atoms with van der Waals surface area (Å²) in [5.41, 5.74) is 9.21. The van der Waals surface area contributed by atoms with E-state index in [2.05, 4.69) is 24.3 Å². The van der Waals surface area contributed by atoms with Crippen LogP contribution in [0.5, 0.6) is 0 Å². The molecule has 0 saturated heterocycles. The normalized spacial score (nSPS) is 11.7. The molecule has 1 rings (SSSR count). The smallest absolute Gasteiger partial charge is 0.220 e. The predicted molar refractivity (Wildman–Crippen MR) is 81.5 cm³/mol. The molecule has 0 aliphatic rings. The lowest BCUT2D eigenvalue weighted by molar-refractivity contribution is -0.121. The van der Waals surface area contributed by atoms with E-state index in [1.54, 1.807) is 0 Å². The molecule has 3 N–H and O–H groups in total. The lowest BCUT2D eigenvalue weighted by Gasteiger charge is -2.26. The zero-order chi connectivity index (χ0) is 15.3. The highest BCUT2D eigenvalue weighted by Crippen LogP contribution is 2.14. The highest BCUT2D eigenvalue weighted by Gasteiger charge is 2.21. The van der Waals surface area contributed by atoms with Gasteiger partial charge in [-0.05, 0) is 38.7 Å². The summed E-state index contributed by atoms with van der Waals surface area (Å²) in [6.07, 6.45) is 2.94. The van der Waals surface area contributed by atoms with Crippen molar-refractivity contribution in [1.29, 1.82) is 0 Å². The summed E-state index contributed by atoms with van der Waals surface area (Å²) in [5.74, 6) is 0.0596. The molecule has 0 atom stereocenters. The molecular formula is C15H28N4O. The zero-order valence-corrected chi connectivity index (χ0v) is 13.4. The number of aryl methyl sites for hydroxylation is 2. The van der Waals surface area contributed by atoms with E-state index in [1.165, 1.54) is 5.56 Å². The van der Waals surface area contributed by atoms with Crippen LogP contribution >= 0.6 is 0 Å². The number of hydrogen-bond acceptors (Lipinski definition) is 3. The van der Waals surface area contributed by atoms with E-state index >= 15 is 0 Å². The van der Waals surface area contributed by atoms with Crippen LogP contribution in [0.2, 0.25) is 0 Å². The standard InChI is InChI=1S/C15H28N4O/c1-6-15(16,7-2)10-17-14(20)9-8-13-11(3)18-19(5)12(13)4/h6-10,16H2,1-5H3,(H,17,20). The van der Waals surface area contributed by atoms with Crippen molar-refractivity contribution in [3.8, 4) is 0 Å². The van der Waals surface area contributed by atoms with Gasteiger partial charge in [-0.3, -0.25) is 9.48 Å². The Kier molecular flexibility index (Phi) is 5.74. The van der Waals surface area contributed by atoms with E-state index in [0.29, 0.717) is 13.0 Å². The quantitative estimate of drug-likeness (QED) is 0.797. The molecule has 1 amide bonds. The SMILES string of the molecule is CCC(N)(CC)CNC(=O)CCc1c(C)nn(C)c1C. The van der Waals surface area contributed by atoms with Gasteiger partial charge in [-0.15, -0.1) is 0 Å². The highest BCUT2D eigenvalue weighted by molar-refractivity contribution is 5.76. The molecule has 1 heterocycles. The lowest BCUT2D eigenvalue weighted by Crippen LogP contribution is -2.49. The topological polar surface area (TPSA) is 72.9 Å². The van der Waals surface area contributed by atoms with Gasteiger partial charge in [-0.25, -0.2) is 0 Å². The van der Waals surface area contributed by atoms with Crippen LogP contribution in [0.1, 0.15) is 50.1 Å². The van der Waals surface area contributed by atoms with Crippen molar-refractivity contribution < 1.29 is 4.79 Å². The molecule has 0 spiro atoms. The fraction of sp³-hybridized carbons (Fsp3) is 0.733. The molecule has 0 radical (unpaired) electrons. The number of rotatable bonds is 7. The van der Waals surface area contributed by atoms with Crippen LogP contribution in [0.25, 0.3) is 0 Å². The van der Waals surface area contributed by atoms with E-state index in [1.807, 2.05) is 25.6 Å². The minimum absolute atomic E-state index is 0.0596. The van der Waals surface area contributed by atoms with Crippen LogP contribution in [-0.4, -0.2) is 27.8 Å². The molecule has 0 aromatic carbocycles. The van der Waals surface area contributed by atoms with E-state index in [-0.39, 0.29) is 11.4 Å². The summed E-state index contributed by atoms with van der Waals surface area (Å²) in [5, 5.41) is 7.32. The largest absolute Gasteiger partial charge is 0.354 e. The molecule has 114 valence electrons. The van der Waals surface area contributed by atoms with Crippen LogP contribution in [0.15, 0.2) is 0 Å². The van der Waals surface area contributed by atoms with E-state index in [9.17, 15) is 4.79 Å². The third-order valence-electron chi connectivity index (χ3n) is 4.31. The maximum atomic E-state index is 11.9. The van der Waals surface area contributed by atoms with Crippen LogP contribution in [0.3, 0.4) is 0 Å². The number of carbonyl (C=O) groups excluding carboxylic acids is 1. The summed E-state index contributed by atoms with van der Waals surface area (Å²) >= 11 is 0. The first-order valence-corrected chi connectivity index (χ1v) is 7.37. The Morgan fingerprint density at radius 2 is 1.95 bits per heavy atom. The maximum absolute atomic E-state index is 11.9. The Morgan fingerprint density at radius 1 is 1.35 bits per heavy atom. The van der Waals surface area contributed by atoms with Gasteiger partial charge >= 0.3 is 0 Å². The van der Waals surface area contributed by atoms with Crippen LogP contribution in [0, 0.1) is 13.8 Å². The lowest BCUT2D eigenvalue weighted by atomic mass is 9.94. The molecular weight excluding hydrogens is 252 g/mol.